The van der Waals surface area contributed by atoms with Crippen LogP contribution >= 0.6 is 0 Å². The molecule has 2 fully saturated rings. The lowest BCUT2D eigenvalue weighted by Gasteiger charge is -2.28. The molecule has 0 spiro atoms. The third kappa shape index (κ3) is 6.59. The van der Waals surface area contributed by atoms with Gasteiger partial charge >= 0.3 is 5.97 Å². The van der Waals surface area contributed by atoms with Crippen molar-refractivity contribution in [3.8, 4) is 0 Å². The van der Waals surface area contributed by atoms with Crippen LogP contribution in [-0.4, -0.2) is 35.0 Å². The number of aliphatic hydroxyl groups is 1. The van der Waals surface area contributed by atoms with Gasteiger partial charge in [-0.3, -0.25) is 4.79 Å². The number of carboxylic acids is 1. The van der Waals surface area contributed by atoms with Crippen molar-refractivity contribution in [2.75, 3.05) is 6.61 Å². The van der Waals surface area contributed by atoms with Gasteiger partial charge in [-0.25, -0.2) is 0 Å². The molecular formula is C21H34O4. The van der Waals surface area contributed by atoms with Crippen LogP contribution in [0.25, 0.3) is 0 Å². The molecule has 2 aliphatic rings. The Hall–Kier alpha value is -1.13. The third-order valence-electron chi connectivity index (χ3n) is 5.58. The first kappa shape index (κ1) is 20.2. The van der Waals surface area contributed by atoms with Gasteiger partial charge in [-0.05, 0) is 43.9 Å². The van der Waals surface area contributed by atoms with Crippen molar-refractivity contribution in [1.29, 1.82) is 0 Å². The number of carboxylic acid groups (broad SMARTS) is 1. The fraction of sp³-hybridized carbons (Fsp3) is 0.762. The first-order valence-electron chi connectivity index (χ1n) is 9.96. The molecule has 0 aromatic rings. The van der Waals surface area contributed by atoms with Crippen LogP contribution in [0.4, 0.5) is 0 Å². The number of unbranched alkanes of at least 4 members (excludes halogenated alkanes) is 3. The second-order valence-electron chi connectivity index (χ2n) is 7.55. The topological polar surface area (TPSA) is 66.8 Å². The zero-order valence-corrected chi connectivity index (χ0v) is 15.5. The summed E-state index contributed by atoms with van der Waals surface area (Å²) in [5.41, 5.74) is 0. The molecule has 0 aromatic heterocycles. The zero-order valence-electron chi connectivity index (χ0n) is 15.5. The lowest BCUT2D eigenvalue weighted by atomic mass is 9.84. The molecule has 1 aliphatic carbocycles. The molecule has 2 bridgehead atoms. The monoisotopic (exact) mass is 350 g/mol. The number of hydrogen-bond donors (Lipinski definition) is 2. The zero-order chi connectivity index (χ0) is 18.1. The van der Waals surface area contributed by atoms with E-state index in [2.05, 4.69) is 25.2 Å². The Kier molecular flexibility index (Phi) is 8.70. The van der Waals surface area contributed by atoms with E-state index < -0.39 is 5.97 Å². The average molecular weight is 350 g/mol. The molecule has 0 aromatic carbocycles. The summed E-state index contributed by atoms with van der Waals surface area (Å²) in [6.07, 6.45) is 16.7. The predicted octanol–water partition coefficient (Wildman–Crippen LogP) is 4.34. The number of aliphatic carboxylic acids is 1. The predicted molar refractivity (Wildman–Crippen MR) is 99.4 cm³/mol. The summed E-state index contributed by atoms with van der Waals surface area (Å²) in [7, 11) is 0. The molecule has 2 N–H and O–H groups in total. The number of carbonyl (C=O) groups is 1. The SMILES string of the molecule is CCCCC[C@H](O)/C=C/C1[C@@H]2C[C@@H](CO2)[C@@H]1C/C=C\CCCC(=O)O. The summed E-state index contributed by atoms with van der Waals surface area (Å²) in [5, 5.41) is 18.8. The van der Waals surface area contributed by atoms with Crippen molar-refractivity contribution in [3.63, 3.8) is 0 Å². The smallest absolute Gasteiger partial charge is 0.303 e. The fourth-order valence-electron chi connectivity index (χ4n) is 4.15. The normalized spacial score (nSPS) is 29.8. The number of aliphatic hydroxyl groups excluding tert-OH is 1. The first-order chi connectivity index (χ1) is 12.1. The van der Waals surface area contributed by atoms with Crippen LogP contribution in [0.2, 0.25) is 0 Å². The number of ether oxygens (including phenoxy) is 1. The van der Waals surface area contributed by atoms with E-state index in [1.54, 1.807) is 0 Å². The van der Waals surface area contributed by atoms with E-state index in [9.17, 15) is 9.90 Å². The van der Waals surface area contributed by atoms with Crippen LogP contribution in [0.1, 0.15) is 64.7 Å². The third-order valence-corrected chi connectivity index (χ3v) is 5.58. The largest absolute Gasteiger partial charge is 0.481 e. The fourth-order valence-corrected chi connectivity index (χ4v) is 4.15. The van der Waals surface area contributed by atoms with Gasteiger partial charge in [-0.15, -0.1) is 0 Å². The molecule has 5 atom stereocenters. The van der Waals surface area contributed by atoms with Gasteiger partial charge in [0.25, 0.3) is 0 Å². The minimum absolute atomic E-state index is 0.244. The molecule has 0 radical (unpaired) electrons. The van der Waals surface area contributed by atoms with Crippen LogP contribution in [-0.2, 0) is 9.53 Å². The Bertz CT molecular complexity index is 457. The molecule has 4 heteroatoms. The quantitative estimate of drug-likeness (QED) is 0.406. The highest BCUT2D eigenvalue weighted by Crippen LogP contribution is 2.47. The number of hydrogen-bond acceptors (Lipinski definition) is 3. The molecule has 0 amide bonds. The number of allylic oxidation sites excluding steroid dienone is 2. The number of rotatable bonds is 12. The lowest BCUT2D eigenvalue weighted by molar-refractivity contribution is -0.137. The Morgan fingerprint density at radius 2 is 2.12 bits per heavy atom. The van der Waals surface area contributed by atoms with Crippen LogP contribution in [0, 0.1) is 17.8 Å². The standard InChI is InChI=1S/C21H34O4/c1-2-3-6-9-17(22)12-13-19-18(16-14-20(19)25-15-16)10-7-4-5-8-11-21(23)24/h4,7,12-13,16-20,22H,2-3,5-6,8-11,14-15H2,1H3,(H,23,24)/b7-4-,13-12+/t16-,17-,18-,19?,20-/m0/s1. The summed E-state index contributed by atoms with van der Waals surface area (Å²) < 4.78 is 5.87. The van der Waals surface area contributed by atoms with Crippen LogP contribution in [0.5, 0.6) is 0 Å². The molecule has 142 valence electrons. The Morgan fingerprint density at radius 3 is 2.88 bits per heavy atom. The first-order valence-corrected chi connectivity index (χ1v) is 9.96. The summed E-state index contributed by atoms with van der Waals surface area (Å²) in [5.74, 6) is 0.902. The maximum atomic E-state index is 10.5. The molecular weight excluding hydrogens is 316 g/mol. The highest BCUT2D eigenvalue weighted by atomic mass is 16.5. The van der Waals surface area contributed by atoms with Gasteiger partial charge in [-0.2, -0.15) is 0 Å². The molecule has 2 rings (SSSR count). The lowest BCUT2D eigenvalue weighted by Crippen LogP contribution is -2.27. The van der Waals surface area contributed by atoms with Crippen molar-refractivity contribution in [3.05, 3.63) is 24.3 Å². The maximum Gasteiger partial charge on any atom is 0.303 e. The van der Waals surface area contributed by atoms with Crippen LogP contribution in [0.15, 0.2) is 24.3 Å². The van der Waals surface area contributed by atoms with Gasteiger partial charge in [0.05, 0.1) is 18.8 Å². The highest BCUT2D eigenvalue weighted by molar-refractivity contribution is 5.66. The van der Waals surface area contributed by atoms with Gasteiger partial charge in [0, 0.05) is 12.3 Å². The number of fused-ring (bicyclic) bond motifs is 2. The van der Waals surface area contributed by atoms with Gasteiger partial charge in [0.2, 0.25) is 0 Å². The van der Waals surface area contributed by atoms with E-state index in [0.717, 1.165) is 38.7 Å². The van der Waals surface area contributed by atoms with Crippen LogP contribution in [0.3, 0.4) is 0 Å². The minimum Gasteiger partial charge on any atom is -0.481 e. The van der Waals surface area contributed by atoms with Crippen molar-refractivity contribution in [2.45, 2.75) is 76.9 Å². The van der Waals surface area contributed by atoms with Gasteiger partial charge in [-0.1, -0.05) is 50.5 Å². The molecule has 25 heavy (non-hydrogen) atoms. The minimum atomic E-state index is -0.721. The summed E-state index contributed by atoms with van der Waals surface area (Å²) in [6.45, 7) is 3.04. The molecule has 1 unspecified atom stereocenters. The van der Waals surface area contributed by atoms with E-state index in [-0.39, 0.29) is 12.5 Å². The second kappa shape index (κ2) is 10.8. The van der Waals surface area contributed by atoms with Crippen molar-refractivity contribution >= 4 is 5.97 Å². The molecule has 4 nitrogen and oxygen atoms in total. The highest BCUT2D eigenvalue weighted by Gasteiger charge is 2.46. The van der Waals surface area contributed by atoms with Crippen molar-refractivity contribution in [2.24, 2.45) is 17.8 Å². The second-order valence-corrected chi connectivity index (χ2v) is 7.55. The molecule has 1 saturated heterocycles. The summed E-state index contributed by atoms with van der Waals surface area (Å²) in [6, 6.07) is 0. The van der Waals surface area contributed by atoms with E-state index in [4.69, 9.17) is 9.84 Å². The Balaban J connectivity index is 1.78. The maximum absolute atomic E-state index is 10.5. The van der Waals surface area contributed by atoms with Gasteiger partial charge < -0.3 is 14.9 Å². The van der Waals surface area contributed by atoms with Gasteiger partial charge in [0.1, 0.15) is 0 Å². The summed E-state index contributed by atoms with van der Waals surface area (Å²) in [4.78, 5) is 10.5. The van der Waals surface area contributed by atoms with Crippen molar-refractivity contribution < 1.29 is 19.7 Å². The average Bonchev–Trinajstić information content (AvgIpc) is 3.17. The van der Waals surface area contributed by atoms with Crippen LogP contribution < -0.4 is 0 Å². The molecule has 1 saturated carbocycles. The van der Waals surface area contributed by atoms with Crippen molar-refractivity contribution in [1.82, 2.24) is 0 Å². The molecule has 1 aliphatic heterocycles. The molecule has 1 heterocycles. The Labute approximate surface area is 152 Å². The summed E-state index contributed by atoms with van der Waals surface area (Å²) >= 11 is 0. The van der Waals surface area contributed by atoms with E-state index >= 15 is 0 Å². The Morgan fingerprint density at radius 1 is 1.28 bits per heavy atom. The van der Waals surface area contributed by atoms with E-state index in [0.29, 0.717) is 30.3 Å². The van der Waals surface area contributed by atoms with E-state index in [1.807, 2.05) is 6.08 Å². The van der Waals surface area contributed by atoms with E-state index in [1.165, 1.54) is 12.8 Å². The van der Waals surface area contributed by atoms with Gasteiger partial charge in [0.15, 0.2) is 0 Å².